The molecule has 0 aliphatic carbocycles. The zero-order chi connectivity index (χ0) is 14.5. The second kappa shape index (κ2) is 6.85. The lowest BCUT2D eigenvalue weighted by molar-refractivity contribution is -0.136. The summed E-state index contributed by atoms with van der Waals surface area (Å²) in [5, 5.41) is 13.8. The first-order valence-electron chi connectivity index (χ1n) is 6.52. The van der Waals surface area contributed by atoms with Crippen molar-refractivity contribution in [3.8, 4) is 10.6 Å². The third-order valence-electron chi connectivity index (χ3n) is 2.72. The van der Waals surface area contributed by atoms with E-state index in [1.807, 2.05) is 22.9 Å². The van der Waals surface area contributed by atoms with E-state index in [-0.39, 0.29) is 6.42 Å². The third-order valence-corrected chi connectivity index (χ3v) is 4.51. The van der Waals surface area contributed by atoms with Crippen molar-refractivity contribution in [2.24, 2.45) is 5.92 Å². The standard InChI is InChI=1S/C14H18N2O2S2/c1-10(2)8-16(6-5-13(17)18)14-15-11(9-20-14)12-4-3-7-19-12/h3-4,7,9-10H,5-6,8H2,1-2H3,(H,17,18). The Bertz CT molecular complexity index is 549. The van der Waals surface area contributed by atoms with Gasteiger partial charge < -0.3 is 10.0 Å². The summed E-state index contributed by atoms with van der Waals surface area (Å²) in [5.74, 6) is -0.299. The molecule has 0 aromatic carbocycles. The Kier molecular flexibility index (Phi) is 5.14. The zero-order valence-corrected chi connectivity index (χ0v) is 13.2. The Morgan fingerprint density at radius 3 is 2.85 bits per heavy atom. The molecule has 0 aliphatic heterocycles. The molecule has 6 heteroatoms. The Morgan fingerprint density at radius 1 is 1.45 bits per heavy atom. The molecule has 2 rings (SSSR count). The molecule has 0 saturated carbocycles. The van der Waals surface area contributed by atoms with E-state index in [4.69, 9.17) is 5.11 Å². The molecule has 2 heterocycles. The van der Waals surface area contributed by atoms with Crippen LogP contribution in [0.2, 0.25) is 0 Å². The van der Waals surface area contributed by atoms with E-state index in [9.17, 15) is 4.79 Å². The summed E-state index contributed by atoms with van der Waals surface area (Å²) < 4.78 is 0. The number of anilines is 1. The largest absolute Gasteiger partial charge is 0.481 e. The van der Waals surface area contributed by atoms with Crippen molar-refractivity contribution in [3.05, 3.63) is 22.9 Å². The van der Waals surface area contributed by atoms with Crippen LogP contribution in [0.1, 0.15) is 20.3 Å². The maximum absolute atomic E-state index is 10.8. The number of thiazole rings is 1. The van der Waals surface area contributed by atoms with Gasteiger partial charge in [-0.3, -0.25) is 4.79 Å². The molecule has 20 heavy (non-hydrogen) atoms. The van der Waals surface area contributed by atoms with Gasteiger partial charge in [0.25, 0.3) is 0 Å². The quantitative estimate of drug-likeness (QED) is 0.845. The van der Waals surface area contributed by atoms with Crippen LogP contribution in [0.25, 0.3) is 10.6 Å². The number of rotatable bonds is 7. The van der Waals surface area contributed by atoms with Gasteiger partial charge in [-0.1, -0.05) is 19.9 Å². The summed E-state index contributed by atoms with van der Waals surface area (Å²) in [6.45, 7) is 5.58. The van der Waals surface area contributed by atoms with E-state index < -0.39 is 5.97 Å². The minimum atomic E-state index is -0.770. The minimum absolute atomic E-state index is 0.140. The lowest BCUT2D eigenvalue weighted by Crippen LogP contribution is -2.29. The van der Waals surface area contributed by atoms with Crippen LogP contribution in [0, 0.1) is 5.92 Å². The lowest BCUT2D eigenvalue weighted by Gasteiger charge is -2.23. The highest BCUT2D eigenvalue weighted by atomic mass is 32.1. The first-order chi connectivity index (χ1) is 9.56. The fourth-order valence-electron chi connectivity index (χ4n) is 1.88. The molecule has 0 spiro atoms. The van der Waals surface area contributed by atoms with Crippen molar-refractivity contribution in [2.45, 2.75) is 20.3 Å². The molecule has 2 aromatic heterocycles. The van der Waals surface area contributed by atoms with Crippen molar-refractivity contribution in [3.63, 3.8) is 0 Å². The van der Waals surface area contributed by atoms with E-state index in [1.54, 1.807) is 22.7 Å². The van der Waals surface area contributed by atoms with Crippen LogP contribution in [-0.4, -0.2) is 29.1 Å². The fraction of sp³-hybridized carbons (Fsp3) is 0.429. The summed E-state index contributed by atoms with van der Waals surface area (Å²) >= 11 is 3.24. The number of hydrogen-bond donors (Lipinski definition) is 1. The Balaban J connectivity index is 2.13. The van der Waals surface area contributed by atoms with Gasteiger partial charge in [-0.05, 0) is 17.4 Å². The molecule has 1 N–H and O–H groups in total. The predicted octanol–water partition coefficient (Wildman–Crippen LogP) is 3.81. The highest BCUT2D eigenvalue weighted by Gasteiger charge is 2.15. The Hall–Kier alpha value is -1.40. The van der Waals surface area contributed by atoms with Gasteiger partial charge in [-0.25, -0.2) is 4.98 Å². The third kappa shape index (κ3) is 4.05. The monoisotopic (exact) mass is 310 g/mol. The van der Waals surface area contributed by atoms with Gasteiger partial charge in [0.05, 0.1) is 17.0 Å². The van der Waals surface area contributed by atoms with E-state index in [0.717, 1.165) is 22.2 Å². The molecular weight excluding hydrogens is 292 g/mol. The summed E-state index contributed by atoms with van der Waals surface area (Å²) in [6.07, 6.45) is 0.140. The average molecular weight is 310 g/mol. The maximum atomic E-state index is 10.8. The lowest BCUT2D eigenvalue weighted by atomic mass is 10.2. The molecule has 4 nitrogen and oxygen atoms in total. The molecule has 0 fully saturated rings. The number of carbonyl (C=O) groups is 1. The maximum Gasteiger partial charge on any atom is 0.305 e. The SMILES string of the molecule is CC(C)CN(CCC(=O)O)c1nc(-c2cccs2)cs1. The smallest absolute Gasteiger partial charge is 0.305 e. The number of aliphatic carboxylic acids is 1. The van der Waals surface area contributed by atoms with Crippen molar-refractivity contribution in [1.29, 1.82) is 0 Å². The van der Waals surface area contributed by atoms with Gasteiger partial charge in [0.1, 0.15) is 0 Å². The van der Waals surface area contributed by atoms with Gasteiger partial charge >= 0.3 is 5.97 Å². The van der Waals surface area contributed by atoms with Gasteiger partial charge in [-0.2, -0.15) is 0 Å². The number of carboxylic acids is 1. The number of carboxylic acid groups (broad SMARTS) is 1. The molecular formula is C14H18N2O2S2. The van der Waals surface area contributed by atoms with Gasteiger partial charge in [-0.15, -0.1) is 22.7 Å². The summed E-state index contributed by atoms with van der Waals surface area (Å²) in [5.41, 5.74) is 0.976. The predicted molar refractivity (Wildman–Crippen MR) is 84.7 cm³/mol. The Labute approximate surface area is 126 Å². The molecule has 0 unspecified atom stereocenters. The molecule has 0 atom stereocenters. The second-order valence-corrected chi connectivity index (χ2v) is 6.76. The van der Waals surface area contributed by atoms with Crippen LogP contribution >= 0.6 is 22.7 Å². The van der Waals surface area contributed by atoms with Crippen molar-refractivity contribution >= 4 is 33.8 Å². The molecule has 0 aliphatic rings. The molecule has 0 bridgehead atoms. The number of hydrogen-bond acceptors (Lipinski definition) is 5. The first kappa shape index (κ1) is 15.0. The highest BCUT2D eigenvalue weighted by Crippen LogP contribution is 2.30. The van der Waals surface area contributed by atoms with Crippen molar-refractivity contribution in [2.75, 3.05) is 18.0 Å². The molecule has 108 valence electrons. The van der Waals surface area contributed by atoms with E-state index in [1.165, 1.54) is 0 Å². The van der Waals surface area contributed by atoms with Gasteiger partial charge in [0, 0.05) is 18.5 Å². The average Bonchev–Trinajstić information content (AvgIpc) is 3.03. The molecule has 0 radical (unpaired) electrons. The van der Waals surface area contributed by atoms with Crippen LogP contribution in [0.5, 0.6) is 0 Å². The highest BCUT2D eigenvalue weighted by molar-refractivity contribution is 7.16. The summed E-state index contributed by atoms with van der Waals surface area (Å²) in [6, 6.07) is 4.06. The molecule has 0 saturated heterocycles. The minimum Gasteiger partial charge on any atom is -0.481 e. The van der Waals surface area contributed by atoms with Crippen LogP contribution in [0.3, 0.4) is 0 Å². The van der Waals surface area contributed by atoms with Crippen LogP contribution in [-0.2, 0) is 4.79 Å². The zero-order valence-electron chi connectivity index (χ0n) is 11.6. The number of nitrogens with zero attached hydrogens (tertiary/aromatic N) is 2. The van der Waals surface area contributed by atoms with Crippen molar-refractivity contribution < 1.29 is 9.90 Å². The fourth-order valence-corrected chi connectivity index (χ4v) is 3.51. The van der Waals surface area contributed by atoms with Crippen molar-refractivity contribution in [1.82, 2.24) is 4.98 Å². The summed E-state index contributed by atoms with van der Waals surface area (Å²) in [7, 11) is 0. The Morgan fingerprint density at radius 2 is 2.25 bits per heavy atom. The number of thiophene rings is 1. The van der Waals surface area contributed by atoms with E-state index in [0.29, 0.717) is 12.5 Å². The second-order valence-electron chi connectivity index (χ2n) is 4.98. The van der Waals surface area contributed by atoms with Gasteiger partial charge in [0.2, 0.25) is 0 Å². The summed E-state index contributed by atoms with van der Waals surface area (Å²) in [4.78, 5) is 18.6. The van der Waals surface area contributed by atoms with Crippen LogP contribution < -0.4 is 4.90 Å². The normalized spacial score (nSPS) is 10.9. The van der Waals surface area contributed by atoms with Gasteiger partial charge in [0.15, 0.2) is 5.13 Å². The topological polar surface area (TPSA) is 53.4 Å². The van der Waals surface area contributed by atoms with Crippen LogP contribution in [0.4, 0.5) is 5.13 Å². The van der Waals surface area contributed by atoms with Crippen LogP contribution in [0.15, 0.2) is 22.9 Å². The first-order valence-corrected chi connectivity index (χ1v) is 8.28. The number of aromatic nitrogens is 1. The molecule has 0 amide bonds. The van der Waals surface area contributed by atoms with E-state index in [2.05, 4.69) is 23.7 Å². The van der Waals surface area contributed by atoms with E-state index >= 15 is 0 Å². The molecule has 2 aromatic rings.